The topological polar surface area (TPSA) is 134 Å². The number of nitrogens with one attached hydrogen (secondary N) is 2. The number of rotatable bonds is 10. The summed E-state index contributed by atoms with van der Waals surface area (Å²) < 4.78 is 18.0. The van der Waals surface area contributed by atoms with E-state index in [-0.39, 0.29) is 22.6 Å². The minimum Gasteiger partial charge on any atom is -0.507 e. The second kappa shape index (κ2) is 14.5. The lowest BCUT2D eigenvalue weighted by Crippen LogP contribution is -2.41. The molecule has 6 aromatic rings. The van der Waals surface area contributed by atoms with E-state index in [0.29, 0.717) is 41.4 Å². The summed E-state index contributed by atoms with van der Waals surface area (Å²) in [6.07, 6.45) is 1.49. The molecule has 0 aliphatic rings. The zero-order valence-corrected chi connectivity index (χ0v) is 25.6. The van der Waals surface area contributed by atoms with Crippen molar-refractivity contribution in [2.75, 3.05) is 0 Å². The van der Waals surface area contributed by atoms with Crippen LogP contribution in [0, 0.1) is 11.3 Å². The highest BCUT2D eigenvalue weighted by Gasteiger charge is 2.24. The number of hydrazine groups is 1. The minimum absolute atomic E-state index is 0.0514. The third-order valence-corrected chi connectivity index (χ3v) is 7.43. The standard InChI is InChI=1S/C39H29N3O6/c40-22-31-19-30(17-18-35(31)43)38(44)41-42-39(45)37-36(29-14-8-16-33(21-29)47-24-27-11-5-2-6-12-27)34(25-48-37)28-13-7-15-32(20-28)46-23-26-9-3-1-4-10-26/h1-21,25,43H,23-24H2,(H,41,44)(H,42,45). The van der Waals surface area contributed by atoms with E-state index in [1.165, 1.54) is 24.5 Å². The highest BCUT2D eigenvalue weighted by atomic mass is 16.5. The molecule has 2 amide bonds. The van der Waals surface area contributed by atoms with Crippen LogP contribution in [-0.4, -0.2) is 16.9 Å². The van der Waals surface area contributed by atoms with Gasteiger partial charge in [0.2, 0.25) is 5.76 Å². The van der Waals surface area contributed by atoms with Crippen molar-refractivity contribution >= 4 is 11.8 Å². The van der Waals surface area contributed by atoms with Crippen molar-refractivity contribution in [3.05, 3.63) is 162 Å². The average Bonchev–Trinajstić information content (AvgIpc) is 3.59. The molecule has 0 unspecified atom stereocenters. The van der Waals surface area contributed by atoms with E-state index in [4.69, 9.17) is 13.9 Å². The molecule has 0 radical (unpaired) electrons. The van der Waals surface area contributed by atoms with E-state index in [1.807, 2.05) is 115 Å². The Morgan fingerprint density at radius 2 is 1.27 bits per heavy atom. The number of amides is 2. The van der Waals surface area contributed by atoms with Gasteiger partial charge in [-0.15, -0.1) is 0 Å². The van der Waals surface area contributed by atoms with E-state index in [9.17, 15) is 20.0 Å². The number of ether oxygens (including phenoxy) is 2. The lowest BCUT2D eigenvalue weighted by molar-refractivity contribution is 0.0831. The van der Waals surface area contributed by atoms with Crippen molar-refractivity contribution < 1.29 is 28.6 Å². The minimum atomic E-state index is -0.712. The number of carbonyl (C=O) groups excluding carboxylic acids is 2. The molecule has 0 fully saturated rings. The van der Waals surface area contributed by atoms with Gasteiger partial charge in [-0.25, -0.2) is 0 Å². The van der Waals surface area contributed by atoms with Gasteiger partial charge in [0.25, 0.3) is 5.91 Å². The molecule has 0 saturated carbocycles. The number of nitrogens with zero attached hydrogens (tertiary/aromatic N) is 1. The summed E-state index contributed by atoms with van der Waals surface area (Å²) in [5.74, 6) is -0.486. The molecule has 6 rings (SSSR count). The number of nitriles is 1. The molecule has 0 spiro atoms. The van der Waals surface area contributed by atoms with Gasteiger partial charge in [-0.3, -0.25) is 20.4 Å². The lowest BCUT2D eigenvalue weighted by Gasteiger charge is -2.12. The largest absolute Gasteiger partial charge is 0.507 e. The van der Waals surface area contributed by atoms with Crippen molar-refractivity contribution in [1.29, 1.82) is 5.26 Å². The van der Waals surface area contributed by atoms with Crippen LogP contribution < -0.4 is 20.3 Å². The SMILES string of the molecule is N#Cc1cc(C(=O)NNC(=O)c2occ(-c3cccc(OCc4ccccc4)c3)c2-c2cccc(OCc3ccccc3)c2)ccc1O. The van der Waals surface area contributed by atoms with Crippen molar-refractivity contribution in [2.45, 2.75) is 13.2 Å². The van der Waals surface area contributed by atoms with Crippen molar-refractivity contribution in [3.8, 4) is 45.6 Å². The first-order valence-corrected chi connectivity index (χ1v) is 15.0. The van der Waals surface area contributed by atoms with Crippen LogP contribution in [0.4, 0.5) is 0 Å². The Hall–Kier alpha value is -6.79. The number of hydrogen-bond acceptors (Lipinski definition) is 7. The fourth-order valence-electron chi connectivity index (χ4n) is 5.01. The summed E-state index contributed by atoms with van der Waals surface area (Å²) in [6.45, 7) is 0.737. The third kappa shape index (κ3) is 7.36. The number of aromatic hydroxyl groups is 1. The molecular weight excluding hydrogens is 606 g/mol. The number of hydrogen-bond donors (Lipinski definition) is 3. The van der Waals surface area contributed by atoms with Crippen LogP contribution in [0.15, 0.2) is 138 Å². The van der Waals surface area contributed by atoms with E-state index in [0.717, 1.165) is 16.7 Å². The number of phenols is 1. The van der Waals surface area contributed by atoms with E-state index in [1.54, 1.807) is 0 Å². The molecule has 0 bridgehead atoms. The molecular formula is C39H29N3O6. The fraction of sp³-hybridized carbons (Fsp3) is 0.0513. The van der Waals surface area contributed by atoms with Gasteiger partial charge in [0.05, 0.1) is 11.8 Å². The summed E-state index contributed by atoms with van der Waals surface area (Å²) in [4.78, 5) is 26.3. The molecule has 5 aromatic carbocycles. The zero-order valence-electron chi connectivity index (χ0n) is 25.6. The van der Waals surface area contributed by atoms with Gasteiger partial charge in [0, 0.05) is 16.7 Å². The van der Waals surface area contributed by atoms with E-state index < -0.39 is 11.8 Å². The monoisotopic (exact) mass is 635 g/mol. The van der Waals surface area contributed by atoms with Gasteiger partial charge in [-0.2, -0.15) is 5.26 Å². The van der Waals surface area contributed by atoms with Crippen LogP contribution in [0.5, 0.6) is 17.2 Å². The quantitative estimate of drug-likeness (QED) is 0.133. The lowest BCUT2D eigenvalue weighted by atomic mass is 9.96. The summed E-state index contributed by atoms with van der Waals surface area (Å²) in [6, 6.07) is 40.0. The molecule has 9 nitrogen and oxygen atoms in total. The first kappa shape index (κ1) is 31.2. The molecule has 0 aliphatic heterocycles. The molecule has 0 aliphatic carbocycles. The predicted octanol–water partition coefficient (Wildman–Crippen LogP) is 7.42. The summed E-state index contributed by atoms with van der Waals surface area (Å²) in [5, 5.41) is 19.0. The summed E-state index contributed by atoms with van der Waals surface area (Å²) in [5.41, 5.74) is 9.26. The highest BCUT2D eigenvalue weighted by Crippen LogP contribution is 2.39. The normalized spacial score (nSPS) is 10.5. The smallest absolute Gasteiger partial charge is 0.306 e. The molecule has 9 heteroatoms. The zero-order chi connectivity index (χ0) is 33.3. The maximum Gasteiger partial charge on any atom is 0.306 e. The van der Waals surface area contributed by atoms with E-state index in [2.05, 4.69) is 10.9 Å². The van der Waals surface area contributed by atoms with Crippen molar-refractivity contribution in [1.82, 2.24) is 10.9 Å². The molecule has 48 heavy (non-hydrogen) atoms. The Kier molecular flexibility index (Phi) is 9.45. The van der Waals surface area contributed by atoms with Gasteiger partial charge in [-0.05, 0) is 64.7 Å². The first-order chi connectivity index (χ1) is 23.5. The number of furan rings is 1. The molecule has 236 valence electrons. The Bertz CT molecular complexity index is 2100. The Balaban J connectivity index is 1.30. The van der Waals surface area contributed by atoms with E-state index >= 15 is 0 Å². The molecule has 0 atom stereocenters. The maximum atomic E-state index is 13.6. The van der Waals surface area contributed by atoms with Crippen LogP contribution in [0.2, 0.25) is 0 Å². The van der Waals surface area contributed by atoms with Gasteiger partial charge in [-0.1, -0.05) is 84.9 Å². The van der Waals surface area contributed by atoms with Gasteiger partial charge in [0.1, 0.15) is 36.5 Å². The Morgan fingerprint density at radius 3 is 1.90 bits per heavy atom. The Labute approximate surface area is 276 Å². The van der Waals surface area contributed by atoms with Crippen LogP contribution in [-0.2, 0) is 13.2 Å². The highest BCUT2D eigenvalue weighted by molar-refractivity contribution is 6.04. The first-order valence-electron chi connectivity index (χ1n) is 15.0. The second-order valence-electron chi connectivity index (χ2n) is 10.7. The molecule has 0 saturated heterocycles. The van der Waals surface area contributed by atoms with Gasteiger partial charge >= 0.3 is 5.91 Å². The van der Waals surface area contributed by atoms with Crippen LogP contribution >= 0.6 is 0 Å². The predicted molar refractivity (Wildman–Crippen MR) is 179 cm³/mol. The third-order valence-electron chi connectivity index (χ3n) is 7.43. The van der Waals surface area contributed by atoms with Crippen LogP contribution in [0.3, 0.4) is 0 Å². The summed E-state index contributed by atoms with van der Waals surface area (Å²) >= 11 is 0. The maximum absolute atomic E-state index is 13.6. The Morgan fingerprint density at radius 1 is 0.688 bits per heavy atom. The van der Waals surface area contributed by atoms with Crippen LogP contribution in [0.1, 0.15) is 37.6 Å². The molecule has 1 heterocycles. The van der Waals surface area contributed by atoms with Crippen molar-refractivity contribution in [3.63, 3.8) is 0 Å². The number of phenolic OH excluding ortho intramolecular Hbond substituents is 1. The summed E-state index contributed by atoms with van der Waals surface area (Å²) in [7, 11) is 0. The number of benzene rings is 5. The van der Waals surface area contributed by atoms with Gasteiger partial charge < -0.3 is 19.0 Å². The second-order valence-corrected chi connectivity index (χ2v) is 10.7. The van der Waals surface area contributed by atoms with Crippen LogP contribution in [0.25, 0.3) is 22.3 Å². The van der Waals surface area contributed by atoms with Crippen molar-refractivity contribution in [2.24, 2.45) is 0 Å². The average molecular weight is 636 g/mol. The molecule has 3 N–H and O–H groups in total. The fourth-order valence-corrected chi connectivity index (χ4v) is 5.01. The molecule has 1 aromatic heterocycles. The number of carbonyl (C=O) groups is 2. The van der Waals surface area contributed by atoms with Gasteiger partial charge in [0.15, 0.2) is 0 Å².